The number of carbonyl (C=O) groups is 10. The minimum atomic E-state index is -1.39. The summed E-state index contributed by atoms with van der Waals surface area (Å²) in [6, 6.07) is 4.64. The lowest BCUT2D eigenvalue weighted by Crippen LogP contribution is -2.59. The third kappa shape index (κ3) is 21.7. The van der Waals surface area contributed by atoms with Gasteiger partial charge in [0.25, 0.3) is 0 Å². The van der Waals surface area contributed by atoms with Crippen molar-refractivity contribution in [3.63, 3.8) is 0 Å². The van der Waals surface area contributed by atoms with Crippen molar-refractivity contribution < 1.29 is 58.2 Å². The van der Waals surface area contributed by atoms with Crippen molar-refractivity contribution in [2.75, 3.05) is 26.2 Å². The van der Waals surface area contributed by atoms with Crippen molar-refractivity contribution in [1.29, 1.82) is 0 Å². The number of aromatic nitrogens is 2. The van der Waals surface area contributed by atoms with E-state index in [1.807, 2.05) is 13.8 Å². The predicted molar refractivity (Wildman–Crippen MR) is 292 cm³/mol. The van der Waals surface area contributed by atoms with Gasteiger partial charge < -0.3 is 79.8 Å². The maximum absolute atomic E-state index is 14.1. The summed E-state index contributed by atoms with van der Waals surface area (Å²) in [6.07, 6.45) is 3.31. The molecule has 1 aromatic heterocycles. The van der Waals surface area contributed by atoms with E-state index in [0.717, 1.165) is 0 Å². The second-order valence-corrected chi connectivity index (χ2v) is 19.9. The highest BCUT2D eigenvalue weighted by atomic mass is 16.4. The van der Waals surface area contributed by atoms with Crippen LogP contribution in [-0.2, 0) is 67.2 Å². The van der Waals surface area contributed by atoms with Crippen LogP contribution in [0.15, 0.2) is 72.1 Å². The first-order chi connectivity index (χ1) is 38.0. The lowest BCUT2D eigenvalue weighted by atomic mass is 10.0. The number of nitrogens with zero attached hydrogens (tertiary/aromatic N) is 3. The number of likely N-dealkylation sites (N-methyl/N-ethyl adjacent to an activating group) is 1. The Morgan fingerprint density at radius 3 is 1.95 bits per heavy atom. The lowest BCUT2D eigenvalue weighted by molar-refractivity contribution is -0.142. The molecule has 2 aromatic carbocycles. The zero-order valence-corrected chi connectivity index (χ0v) is 45.5. The number of carbonyl (C=O) groups excluding carboxylic acids is 9. The number of aromatic amines is 1. The number of amides is 9. The third-order valence-corrected chi connectivity index (χ3v) is 12.8. The molecule has 0 aliphatic carbocycles. The standard InChI is InChI=1S/C53H77N15O12/c1-5-58-51(79)42-14-10-22-68(42)52(80)37(13-9-21-59-53(55)56)64-49(77)38(23-30(2)3)63-43(70)28-60-47(75)39(25-33-15-17-35(69)18-16-33)65-45(73)31(4)62-48(76)40(24-32-11-7-6-8-12-32)67-50(78)41(26-34-27-57-29-61-34)66-46(74)36(54)19-20-44(71)72/h6-8,11-12,15-18,27,29-31,36-42,69H,5,9-10,13-14,19-26,28,54H2,1-4H3,(H,57,61)(H,58,79)(H,60,75)(H,62,76)(H,63,70)(H,64,77)(H,65,73)(H,66,74)(H,67,78)(H,71,72)(H4,55,56,59)/t31-,36-,37-,38-,39-,40-,41-,42-/m0/s1. The SMILES string of the molecule is CCNC(=O)[C@@H]1CCCN1C(=O)[C@H](CCCN=C(N)N)NC(=O)[C@H](CC(C)C)NC(=O)CNC(=O)[C@H](Cc1ccc(O)cc1)NC(=O)[C@H](C)NC(=O)[C@H](Cc1ccccc1)NC(=O)[C@H](Cc1cnc[nH]1)NC(=O)[C@@H](N)CCC(=O)O. The van der Waals surface area contributed by atoms with Crippen LogP contribution in [0, 0.1) is 5.92 Å². The number of guanidine groups is 1. The van der Waals surface area contributed by atoms with Gasteiger partial charge in [0.2, 0.25) is 53.2 Å². The van der Waals surface area contributed by atoms with Crippen LogP contribution in [-0.4, -0.2) is 165 Å². The van der Waals surface area contributed by atoms with E-state index in [0.29, 0.717) is 42.8 Å². The largest absolute Gasteiger partial charge is 0.508 e. The average Bonchev–Trinajstić information content (AvgIpc) is 4.15. The van der Waals surface area contributed by atoms with E-state index in [2.05, 4.69) is 57.5 Å². The van der Waals surface area contributed by atoms with Gasteiger partial charge >= 0.3 is 5.97 Å². The van der Waals surface area contributed by atoms with E-state index in [1.165, 1.54) is 48.6 Å². The zero-order chi connectivity index (χ0) is 58.9. The lowest BCUT2D eigenvalue weighted by Gasteiger charge is -2.30. The van der Waals surface area contributed by atoms with Gasteiger partial charge in [0.15, 0.2) is 5.96 Å². The Balaban J connectivity index is 1.49. The van der Waals surface area contributed by atoms with Crippen molar-refractivity contribution in [2.45, 2.75) is 140 Å². The Hall–Kier alpha value is -8.62. The Bertz CT molecular complexity index is 2600. The van der Waals surface area contributed by atoms with Gasteiger partial charge in [-0.05, 0) is 81.5 Å². The fourth-order valence-electron chi connectivity index (χ4n) is 8.67. The number of nitrogens with one attached hydrogen (secondary N) is 9. The van der Waals surface area contributed by atoms with Crippen LogP contribution in [0.3, 0.4) is 0 Å². The van der Waals surface area contributed by atoms with Crippen LogP contribution < -0.4 is 59.7 Å². The van der Waals surface area contributed by atoms with Crippen LogP contribution in [0.4, 0.5) is 0 Å². The van der Waals surface area contributed by atoms with Gasteiger partial charge in [-0.25, -0.2) is 4.98 Å². The summed E-state index contributed by atoms with van der Waals surface area (Å²) in [7, 11) is 0. The molecule has 2 heterocycles. The van der Waals surface area contributed by atoms with Crippen molar-refractivity contribution in [3.8, 4) is 5.75 Å². The molecule has 1 aliphatic heterocycles. The van der Waals surface area contributed by atoms with Crippen molar-refractivity contribution in [1.82, 2.24) is 57.4 Å². The fourth-order valence-corrected chi connectivity index (χ4v) is 8.67. The maximum atomic E-state index is 14.1. The number of rotatable bonds is 32. The molecule has 3 aromatic rings. The minimum Gasteiger partial charge on any atom is -0.508 e. The molecule has 9 amide bonds. The van der Waals surface area contributed by atoms with E-state index in [9.17, 15) is 53.1 Å². The Morgan fingerprint density at radius 1 is 0.725 bits per heavy atom. The van der Waals surface area contributed by atoms with Crippen molar-refractivity contribution >= 4 is 65.1 Å². The highest BCUT2D eigenvalue weighted by molar-refractivity contribution is 5.98. The van der Waals surface area contributed by atoms with Crippen LogP contribution in [0.25, 0.3) is 0 Å². The molecule has 0 radical (unpaired) electrons. The van der Waals surface area contributed by atoms with Gasteiger partial charge in [0.05, 0.1) is 18.9 Å². The van der Waals surface area contributed by atoms with Gasteiger partial charge in [-0.3, -0.25) is 52.9 Å². The number of phenolic OH excluding ortho intramolecular Hbond substituents is 1. The molecule has 1 aliphatic rings. The molecule has 1 saturated heterocycles. The normalized spacial score (nSPS) is 15.5. The number of hydrogen-bond acceptors (Lipinski definition) is 14. The molecule has 17 N–H and O–H groups in total. The molecule has 1 fully saturated rings. The van der Waals surface area contributed by atoms with E-state index in [1.54, 1.807) is 37.3 Å². The number of aliphatic imine (C=N–C) groups is 1. The molecule has 27 heteroatoms. The first-order valence-electron chi connectivity index (χ1n) is 26.5. The molecular weight excluding hydrogens is 1040 g/mol. The summed E-state index contributed by atoms with van der Waals surface area (Å²) < 4.78 is 0. The molecule has 0 spiro atoms. The van der Waals surface area contributed by atoms with Crippen LogP contribution in [0.2, 0.25) is 0 Å². The number of carboxylic acid groups (broad SMARTS) is 1. The number of likely N-dealkylation sites (tertiary alicyclic amines) is 1. The number of H-pyrrole nitrogens is 1. The summed E-state index contributed by atoms with van der Waals surface area (Å²) in [5.74, 6) is -7.98. The minimum absolute atomic E-state index is 0.0699. The quantitative estimate of drug-likeness (QED) is 0.0176. The van der Waals surface area contributed by atoms with Gasteiger partial charge in [-0.15, -0.1) is 0 Å². The summed E-state index contributed by atoms with van der Waals surface area (Å²) >= 11 is 0. The van der Waals surface area contributed by atoms with E-state index >= 15 is 0 Å². The number of aliphatic carboxylic acids is 1. The van der Waals surface area contributed by atoms with E-state index in [-0.39, 0.29) is 75.0 Å². The molecule has 0 saturated carbocycles. The topological polar surface area (TPSA) is 430 Å². The summed E-state index contributed by atoms with van der Waals surface area (Å²) in [4.78, 5) is 147. The molecular formula is C53H77N15O12. The number of nitrogens with two attached hydrogens (primary N) is 3. The van der Waals surface area contributed by atoms with Crippen LogP contribution in [0.5, 0.6) is 5.75 Å². The van der Waals surface area contributed by atoms with E-state index in [4.69, 9.17) is 22.3 Å². The molecule has 27 nitrogen and oxygen atoms in total. The zero-order valence-electron chi connectivity index (χ0n) is 45.5. The number of carboxylic acids is 1. The second kappa shape index (κ2) is 32.3. The van der Waals surface area contributed by atoms with Crippen molar-refractivity contribution in [2.24, 2.45) is 28.1 Å². The summed E-state index contributed by atoms with van der Waals surface area (Å²) in [6.45, 7) is 6.88. The molecule has 80 heavy (non-hydrogen) atoms. The van der Waals surface area contributed by atoms with Crippen LogP contribution in [0.1, 0.15) is 89.5 Å². The Morgan fingerprint density at radius 2 is 1.32 bits per heavy atom. The van der Waals surface area contributed by atoms with Gasteiger partial charge in [0.1, 0.15) is 48.0 Å². The number of imidazole rings is 1. The first kappa shape index (κ1) is 63.9. The van der Waals surface area contributed by atoms with Gasteiger partial charge in [-0.1, -0.05) is 56.3 Å². The predicted octanol–water partition coefficient (Wildman–Crippen LogP) is -2.39. The number of aromatic hydroxyl groups is 1. The van der Waals surface area contributed by atoms with Gasteiger partial charge in [0, 0.05) is 57.2 Å². The average molecular weight is 1120 g/mol. The monoisotopic (exact) mass is 1120 g/mol. The smallest absolute Gasteiger partial charge is 0.303 e. The van der Waals surface area contributed by atoms with E-state index < -0.39 is 115 Å². The highest BCUT2D eigenvalue weighted by Crippen LogP contribution is 2.20. The maximum Gasteiger partial charge on any atom is 0.303 e. The molecule has 8 atom stereocenters. The van der Waals surface area contributed by atoms with Crippen molar-refractivity contribution in [3.05, 3.63) is 83.9 Å². The Labute approximate surface area is 463 Å². The number of phenols is 1. The van der Waals surface area contributed by atoms with Gasteiger partial charge in [-0.2, -0.15) is 0 Å². The fraction of sp³-hybridized carbons (Fsp3) is 0.509. The second-order valence-electron chi connectivity index (χ2n) is 19.9. The summed E-state index contributed by atoms with van der Waals surface area (Å²) in [5.41, 5.74) is 18.5. The molecule has 0 bridgehead atoms. The van der Waals surface area contributed by atoms with Crippen LogP contribution >= 0.6 is 0 Å². The molecule has 0 unspecified atom stereocenters. The molecule has 436 valence electrons. The third-order valence-electron chi connectivity index (χ3n) is 12.8. The highest BCUT2D eigenvalue weighted by Gasteiger charge is 2.39. The number of hydrogen-bond donors (Lipinski definition) is 14. The number of benzene rings is 2. The first-order valence-corrected chi connectivity index (χ1v) is 26.5. The Kier molecular flexibility index (Phi) is 25.8. The summed E-state index contributed by atoms with van der Waals surface area (Å²) in [5, 5.41) is 40.1. The molecule has 4 rings (SSSR count).